The minimum atomic E-state index is -0.179. The molecule has 140 valence electrons. The fraction of sp³-hybridized carbons (Fsp3) is 0.273. The Balaban J connectivity index is 1.83. The van der Waals surface area contributed by atoms with E-state index in [1.54, 1.807) is 16.5 Å². The number of aromatic nitrogens is 1. The van der Waals surface area contributed by atoms with Crippen molar-refractivity contribution in [3.63, 3.8) is 0 Å². The van der Waals surface area contributed by atoms with Crippen LogP contribution in [0.3, 0.4) is 0 Å². The van der Waals surface area contributed by atoms with Gasteiger partial charge in [0, 0.05) is 30.7 Å². The summed E-state index contributed by atoms with van der Waals surface area (Å²) in [4.78, 5) is 26.5. The second kappa shape index (κ2) is 7.66. The molecule has 27 heavy (non-hydrogen) atoms. The predicted molar refractivity (Wildman–Crippen MR) is 109 cm³/mol. The molecule has 0 bridgehead atoms. The number of hydrogen-bond acceptors (Lipinski definition) is 3. The Morgan fingerprint density at radius 1 is 1.07 bits per heavy atom. The number of amides is 1. The maximum atomic E-state index is 12.6. The van der Waals surface area contributed by atoms with Gasteiger partial charge in [-0.05, 0) is 56.2 Å². The molecule has 0 atom stereocenters. The normalized spacial score (nSPS) is 10.8. The van der Waals surface area contributed by atoms with E-state index in [2.05, 4.69) is 0 Å². The van der Waals surface area contributed by atoms with Gasteiger partial charge in [0.15, 0.2) is 6.61 Å². The molecule has 0 aliphatic rings. The molecular formula is C22H24N2O3. The molecule has 2 aromatic carbocycles. The third-order valence-corrected chi connectivity index (χ3v) is 4.90. The van der Waals surface area contributed by atoms with E-state index in [1.807, 2.05) is 63.2 Å². The Hall–Kier alpha value is -3.08. The molecule has 0 N–H and O–H groups in total. The first-order valence-corrected chi connectivity index (χ1v) is 9.01. The van der Waals surface area contributed by atoms with Crippen LogP contribution in [0.15, 0.2) is 53.3 Å². The molecule has 0 fully saturated rings. The molecule has 0 aliphatic carbocycles. The van der Waals surface area contributed by atoms with E-state index in [0.717, 1.165) is 22.2 Å². The van der Waals surface area contributed by atoms with Crippen molar-refractivity contribution in [1.29, 1.82) is 0 Å². The zero-order valence-electron chi connectivity index (χ0n) is 16.2. The first-order chi connectivity index (χ1) is 12.9. The molecule has 0 unspecified atom stereocenters. The van der Waals surface area contributed by atoms with E-state index in [0.29, 0.717) is 12.3 Å². The number of nitrogens with zero attached hydrogens (tertiary/aromatic N) is 2. The van der Waals surface area contributed by atoms with Crippen LogP contribution in [0.25, 0.3) is 10.9 Å². The van der Waals surface area contributed by atoms with Crippen LogP contribution in [-0.4, -0.2) is 24.1 Å². The first kappa shape index (κ1) is 18.7. The van der Waals surface area contributed by atoms with Crippen molar-refractivity contribution in [2.75, 3.05) is 18.6 Å². The van der Waals surface area contributed by atoms with Gasteiger partial charge in [-0.15, -0.1) is 0 Å². The van der Waals surface area contributed by atoms with Gasteiger partial charge in [-0.25, -0.2) is 0 Å². The van der Waals surface area contributed by atoms with Gasteiger partial charge in [-0.3, -0.25) is 9.59 Å². The van der Waals surface area contributed by atoms with Crippen LogP contribution < -0.4 is 15.2 Å². The highest BCUT2D eigenvalue weighted by molar-refractivity contribution is 5.94. The summed E-state index contributed by atoms with van der Waals surface area (Å²) in [5.74, 6) is 0.254. The SMILES string of the molecule is CCn1c(=O)cc(OCC(=O)N(C)c2ccc(C)c(C)c2)c2ccccc21. The third kappa shape index (κ3) is 3.72. The van der Waals surface area contributed by atoms with E-state index in [1.165, 1.54) is 11.6 Å². The van der Waals surface area contributed by atoms with Crippen molar-refractivity contribution in [3.8, 4) is 5.75 Å². The number of likely N-dealkylation sites (N-methyl/N-ethyl adjacent to an activating group) is 1. The highest BCUT2D eigenvalue weighted by Crippen LogP contribution is 2.24. The van der Waals surface area contributed by atoms with Crippen molar-refractivity contribution in [1.82, 2.24) is 4.57 Å². The van der Waals surface area contributed by atoms with Crippen LogP contribution in [-0.2, 0) is 11.3 Å². The molecule has 5 heteroatoms. The van der Waals surface area contributed by atoms with Gasteiger partial charge in [0.2, 0.25) is 0 Å². The predicted octanol–water partition coefficient (Wildman–Crippen LogP) is 3.68. The van der Waals surface area contributed by atoms with Gasteiger partial charge < -0.3 is 14.2 Å². The van der Waals surface area contributed by atoms with Crippen molar-refractivity contribution >= 4 is 22.5 Å². The lowest BCUT2D eigenvalue weighted by Gasteiger charge is -2.19. The number of pyridine rings is 1. The second-order valence-electron chi connectivity index (χ2n) is 6.62. The van der Waals surface area contributed by atoms with E-state index in [9.17, 15) is 9.59 Å². The van der Waals surface area contributed by atoms with Gasteiger partial charge in [0.1, 0.15) is 5.75 Å². The number of benzene rings is 2. The Kier molecular flexibility index (Phi) is 5.31. The Labute approximate surface area is 158 Å². The summed E-state index contributed by atoms with van der Waals surface area (Å²) < 4.78 is 7.44. The summed E-state index contributed by atoms with van der Waals surface area (Å²) in [6.45, 7) is 6.42. The quantitative estimate of drug-likeness (QED) is 0.694. The topological polar surface area (TPSA) is 51.5 Å². The van der Waals surface area contributed by atoms with Crippen molar-refractivity contribution in [3.05, 3.63) is 70.0 Å². The molecular weight excluding hydrogens is 340 g/mol. The molecule has 0 aliphatic heterocycles. The van der Waals surface area contributed by atoms with Crippen LogP contribution in [0.5, 0.6) is 5.75 Å². The van der Waals surface area contributed by atoms with E-state index >= 15 is 0 Å². The summed E-state index contributed by atoms with van der Waals surface area (Å²) in [6, 6.07) is 14.9. The molecule has 1 aromatic heterocycles. The third-order valence-electron chi connectivity index (χ3n) is 4.90. The van der Waals surface area contributed by atoms with Crippen LogP contribution >= 0.6 is 0 Å². The van der Waals surface area contributed by atoms with Gasteiger partial charge in [0.05, 0.1) is 5.52 Å². The minimum Gasteiger partial charge on any atom is -0.483 e. The average molecular weight is 364 g/mol. The first-order valence-electron chi connectivity index (χ1n) is 9.01. The van der Waals surface area contributed by atoms with Crippen LogP contribution in [0, 0.1) is 13.8 Å². The van der Waals surface area contributed by atoms with E-state index < -0.39 is 0 Å². The van der Waals surface area contributed by atoms with E-state index in [-0.39, 0.29) is 18.1 Å². The minimum absolute atomic E-state index is 0.136. The van der Waals surface area contributed by atoms with Gasteiger partial charge in [-0.2, -0.15) is 0 Å². The molecule has 1 amide bonds. The largest absolute Gasteiger partial charge is 0.483 e. The summed E-state index contributed by atoms with van der Waals surface area (Å²) in [5, 5.41) is 0.820. The van der Waals surface area contributed by atoms with Crippen LogP contribution in [0.1, 0.15) is 18.1 Å². The Morgan fingerprint density at radius 2 is 1.81 bits per heavy atom. The molecule has 1 heterocycles. The summed E-state index contributed by atoms with van der Waals surface area (Å²) in [7, 11) is 1.73. The van der Waals surface area contributed by atoms with Crippen LogP contribution in [0.4, 0.5) is 5.69 Å². The summed E-state index contributed by atoms with van der Waals surface area (Å²) >= 11 is 0. The number of ether oxygens (including phenoxy) is 1. The number of anilines is 1. The Bertz CT molecular complexity index is 1050. The lowest BCUT2D eigenvalue weighted by Crippen LogP contribution is -2.31. The maximum absolute atomic E-state index is 12.6. The Morgan fingerprint density at radius 3 is 2.52 bits per heavy atom. The molecule has 0 saturated heterocycles. The van der Waals surface area contributed by atoms with Crippen molar-refractivity contribution < 1.29 is 9.53 Å². The fourth-order valence-corrected chi connectivity index (χ4v) is 3.06. The summed E-state index contributed by atoms with van der Waals surface area (Å²) in [6.07, 6.45) is 0. The van der Waals surface area contributed by atoms with Crippen LogP contribution in [0.2, 0.25) is 0 Å². The lowest BCUT2D eigenvalue weighted by molar-refractivity contribution is -0.120. The second-order valence-corrected chi connectivity index (χ2v) is 6.62. The highest BCUT2D eigenvalue weighted by atomic mass is 16.5. The zero-order chi connectivity index (χ0) is 19.6. The molecule has 0 saturated carbocycles. The number of hydrogen-bond donors (Lipinski definition) is 0. The van der Waals surface area contributed by atoms with Gasteiger partial charge in [-0.1, -0.05) is 18.2 Å². The number of rotatable bonds is 5. The number of fused-ring (bicyclic) bond motifs is 1. The molecule has 0 spiro atoms. The van der Waals surface area contributed by atoms with E-state index in [4.69, 9.17) is 4.74 Å². The zero-order valence-corrected chi connectivity index (χ0v) is 16.2. The number of carbonyl (C=O) groups is 1. The summed E-state index contributed by atoms with van der Waals surface area (Å²) in [5.41, 5.74) is 3.79. The van der Waals surface area contributed by atoms with Crippen molar-refractivity contribution in [2.24, 2.45) is 0 Å². The van der Waals surface area contributed by atoms with Crippen molar-refractivity contribution in [2.45, 2.75) is 27.3 Å². The highest BCUT2D eigenvalue weighted by Gasteiger charge is 2.14. The number of para-hydroxylation sites is 1. The van der Waals surface area contributed by atoms with Gasteiger partial charge in [0.25, 0.3) is 11.5 Å². The lowest BCUT2D eigenvalue weighted by atomic mass is 10.1. The standard InChI is InChI=1S/C22H24N2O3/c1-5-24-19-9-7-6-8-18(19)20(13-21(24)25)27-14-22(26)23(4)17-11-10-15(2)16(3)12-17/h6-13H,5,14H2,1-4H3. The maximum Gasteiger partial charge on any atom is 0.264 e. The molecule has 3 rings (SSSR count). The fourth-order valence-electron chi connectivity index (χ4n) is 3.06. The molecule has 3 aromatic rings. The molecule has 5 nitrogen and oxygen atoms in total. The molecule has 0 radical (unpaired) electrons. The smallest absolute Gasteiger partial charge is 0.264 e. The number of aryl methyl sites for hydroxylation is 3. The number of carbonyl (C=O) groups excluding carboxylic acids is 1. The van der Waals surface area contributed by atoms with Gasteiger partial charge >= 0.3 is 0 Å². The monoisotopic (exact) mass is 364 g/mol. The average Bonchev–Trinajstić information content (AvgIpc) is 2.67.